The lowest BCUT2D eigenvalue weighted by Crippen LogP contribution is -2.20. The number of carbonyl (C=O) groups is 1. The smallest absolute Gasteiger partial charge is 0.224 e. The van der Waals surface area contributed by atoms with E-state index in [1.165, 1.54) is 0 Å². The summed E-state index contributed by atoms with van der Waals surface area (Å²) in [5, 5.41) is 2.85. The summed E-state index contributed by atoms with van der Waals surface area (Å²) in [5.74, 6) is 0.00814. The number of aromatic nitrogens is 1. The molecule has 0 fully saturated rings. The predicted molar refractivity (Wildman–Crippen MR) is 77.3 cm³/mol. The Balaban J connectivity index is 2.46. The summed E-state index contributed by atoms with van der Waals surface area (Å²) < 4.78 is 0.652. The maximum absolute atomic E-state index is 11.8. The summed E-state index contributed by atoms with van der Waals surface area (Å²) in [6.07, 6.45) is 3.92. The van der Waals surface area contributed by atoms with E-state index in [9.17, 15) is 4.79 Å². The summed E-state index contributed by atoms with van der Waals surface area (Å²) in [5.41, 5.74) is 6.37. The van der Waals surface area contributed by atoms with E-state index < -0.39 is 0 Å². The second-order valence-corrected chi connectivity index (χ2v) is 5.84. The maximum atomic E-state index is 11.8. The second-order valence-electron chi connectivity index (χ2n) is 5.09. The van der Waals surface area contributed by atoms with Crippen molar-refractivity contribution in [2.75, 3.05) is 11.9 Å². The van der Waals surface area contributed by atoms with Crippen LogP contribution in [0, 0.1) is 5.41 Å². The third-order valence-corrected chi connectivity index (χ3v) is 3.52. The lowest BCUT2D eigenvalue weighted by molar-refractivity contribution is -0.116. The zero-order valence-corrected chi connectivity index (χ0v) is 12.5. The third-order valence-electron chi connectivity index (χ3n) is 2.88. The standard InChI is InChI=1S/C13H20BrN3O/c1-13(2,7-8-15)6-5-11(18)17-10-4-3-9-16-12(10)14/h3-4,9H,5-8,15H2,1-2H3,(H,17,18). The number of anilines is 1. The van der Waals surface area contributed by atoms with Gasteiger partial charge < -0.3 is 11.1 Å². The molecule has 1 aromatic heterocycles. The van der Waals surface area contributed by atoms with E-state index in [2.05, 4.69) is 40.1 Å². The van der Waals surface area contributed by atoms with Crippen LogP contribution in [-0.2, 0) is 4.79 Å². The van der Waals surface area contributed by atoms with Crippen LogP contribution < -0.4 is 11.1 Å². The minimum Gasteiger partial charge on any atom is -0.330 e. The number of nitrogens with one attached hydrogen (secondary N) is 1. The average molecular weight is 314 g/mol. The lowest BCUT2D eigenvalue weighted by Gasteiger charge is -2.23. The van der Waals surface area contributed by atoms with Crippen LogP contribution in [0.15, 0.2) is 22.9 Å². The fraction of sp³-hybridized carbons (Fsp3) is 0.538. The zero-order chi connectivity index (χ0) is 13.6. The highest BCUT2D eigenvalue weighted by atomic mass is 79.9. The number of pyridine rings is 1. The Hall–Kier alpha value is -0.940. The first kappa shape index (κ1) is 15.1. The number of nitrogens with two attached hydrogens (primary N) is 1. The van der Waals surface area contributed by atoms with Crippen molar-refractivity contribution in [2.45, 2.75) is 33.1 Å². The largest absolute Gasteiger partial charge is 0.330 e. The van der Waals surface area contributed by atoms with Gasteiger partial charge in [0.2, 0.25) is 5.91 Å². The Morgan fingerprint density at radius 2 is 2.22 bits per heavy atom. The maximum Gasteiger partial charge on any atom is 0.224 e. The van der Waals surface area contributed by atoms with E-state index in [1.54, 1.807) is 12.3 Å². The van der Waals surface area contributed by atoms with E-state index in [-0.39, 0.29) is 11.3 Å². The Kier molecular flexibility index (Phi) is 5.75. The molecule has 100 valence electrons. The molecule has 1 rings (SSSR count). The van der Waals surface area contributed by atoms with Crippen molar-refractivity contribution in [1.82, 2.24) is 4.98 Å². The second kappa shape index (κ2) is 6.85. The highest BCUT2D eigenvalue weighted by Gasteiger charge is 2.18. The average Bonchev–Trinajstić information content (AvgIpc) is 2.30. The molecule has 0 atom stereocenters. The minimum atomic E-state index is 0.00814. The summed E-state index contributed by atoms with van der Waals surface area (Å²) in [4.78, 5) is 15.9. The van der Waals surface area contributed by atoms with Gasteiger partial charge in [0, 0.05) is 12.6 Å². The molecule has 0 saturated carbocycles. The molecule has 1 amide bonds. The molecule has 1 heterocycles. The summed E-state index contributed by atoms with van der Waals surface area (Å²) in [6.45, 7) is 4.92. The molecule has 4 nitrogen and oxygen atoms in total. The molecular weight excluding hydrogens is 294 g/mol. The zero-order valence-electron chi connectivity index (χ0n) is 10.9. The molecule has 0 aliphatic heterocycles. The fourth-order valence-electron chi connectivity index (χ4n) is 1.66. The molecule has 0 aliphatic rings. The van der Waals surface area contributed by atoms with E-state index >= 15 is 0 Å². The topological polar surface area (TPSA) is 68.0 Å². The Labute approximate surface area is 116 Å². The Morgan fingerprint density at radius 1 is 1.50 bits per heavy atom. The van der Waals surface area contributed by atoms with E-state index in [1.807, 2.05) is 6.07 Å². The quantitative estimate of drug-likeness (QED) is 0.793. The van der Waals surface area contributed by atoms with Crippen LogP contribution in [0.5, 0.6) is 0 Å². The van der Waals surface area contributed by atoms with Gasteiger partial charge in [0.1, 0.15) is 4.60 Å². The van der Waals surface area contributed by atoms with Crippen molar-refractivity contribution in [3.63, 3.8) is 0 Å². The number of nitrogens with zero attached hydrogens (tertiary/aromatic N) is 1. The molecule has 1 aromatic rings. The van der Waals surface area contributed by atoms with Gasteiger partial charge in [-0.15, -0.1) is 0 Å². The van der Waals surface area contributed by atoms with Gasteiger partial charge in [-0.3, -0.25) is 4.79 Å². The number of hydrogen-bond acceptors (Lipinski definition) is 3. The van der Waals surface area contributed by atoms with Crippen molar-refractivity contribution in [3.8, 4) is 0 Å². The number of halogens is 1. The van der Waals surface area contributed by atoms with Gasteiger partial charge in [-0.25, -0.2) is 4.98 Å². The number of amides is 1. The Bertz CT molecular complexity index is 407. The molecule has 0 saturated heterocycles. The molecule has 0 bridgehead atoms. The number of rotatable bonds is 6. The summed E-state index contributed by atoms with van der Waals surface area (Å²) in [6, 6.07) is 3.61. The molecule has 0 aliphatic carbocycles. The summed E-state index contributed by atoms with van der Waals surface area (Å²) in [7, 11) is 0. The predicted octanol–water partition coefficient (Wildman–Crippen LogP) is 2.94. The van der Waals surface area contributed by atoms with Crippen LogP contribution in [-0.4, -0.2) is 17.4 Å². The van der Waals surface area contributed by atoms with Gasteiger partial charge in [0.25, 0.3) is 0 Å². The van der Waals surface area contributed by atoms with Crippen LogP contribution in [0.25, 0.3) is 0 Å². The molecule has 0 aromatic carbocycles. The van der Waals surface area contributed by atoms with Crippen LogP contribution in [0.4, 0.5) is 5.69 Å². The van der Waals surface area contributed by atoms with E-state index in [4.69, 9.17) is 5.73 Å². The Morgan fingerprint density at radius 3 is 2.83 bits per heavy atom. The normalized spacial score (nSPS) is 11.3. The van der Waals surface area contributed by atoms with Gasteiger partial charge in [0.15, 0.2) is 0 Å². The van der Waals surface area contributed by atoms with Gasteiger partial charge in [-0.1, -0.05) is 13.8 Å². The highest BCUT2D eigenvalue weighted by Crippen LogP contribution is 2.26. The molecule has 5 heteroatoms. The molecular formula is C13H20BrN3O. The van der Waals surface area contributed by atoms with Gasteiger partial charge >= 0.3 is 0 Å². The van der Waals surface area contributed by atoms with Crippen molar-refractivity contribution in [2.24, 2.45) is 11.1 Å². The molecule has 0 spiro atoms. The minimum absolute atomic E-state index is 0.00814. The SMILES string of the molecule is CC(C)(CCN)CCC(=O)Nc1cccnc1Br. The monoisotopic (exact) mass is 313 g/mol. The van der Waals surface area contributed by atoms with Crippen molar-refractivity contribution < 1.29 is 4.79 Å². The molecule has 0 unspecified atom stereocenters. The van der Waals surface area contributed by atoms with Crippen LogP contribution in [0.1, 0.15) is 33.1 Å². The number of hydrogen-bond donors (Lipinski definition) is 2. The summed E-state index contributed by atoms with van der Waals surface area (Å²) >= 11 is 3.30. The molecule has 0 radical (unpaired) electrons. The van der Waals surface area contributed by atoms with E-state index in [0.717, 1.165) is 12.8 Å². The van der Waals surface area contributed by atoms with Crippen LogP contribution >= 0.6 is 15.9 Å². The fourth-order valence-corrected chi connectivity index (χ4v) is 2.01. The lowest BCUT2D eigenvalue weighted by atomic mass is 9.84. The number of carbonyl (C=O) groups excluding carboxylic acids is 1. The first-order valence-corrected chi connectivity index (χ1v) is 6.84. The van der Waals surface area contributed by atoms with Crippen molar-refractivity contribution in [3.05, 3.63) is 22.9 Å². The molecule has 18 heavy (non-hydrogen) atoms. The van der Waals surface area contributed by atoms with Crippen LogP contribution in [0.2, 0.25) is 0 Å². The highest BCUT2D eigenvalue weighted by molar-refractivity contribution is 9.10. The van der Waals surface area contributed by atoms with E-state index in [0.29, 0.717) is 23.3 Å². The first-order chi connectivity index (χ1) is 8.44. The van der Waals surface area contributed by atoms with Gasteiger partial charge in [-0.2, -0.15) is 0 Å². The van der Waals surface area contributed by atoms with Crippen LogP contribution in [0.3, 0.4) is 0 Å². The molecule has 3 N–H and O–H groups in total. The first-order valence-electron chi connectivity index (χ1n) is 6.05. The van der Waals surface area contributed by atoms with Gasteiger partial charge in [0.05, 0.1) is 5.69 Å². The van der Waals surface area contributed by atoms with Crippen molar-refractivity contribution in [1.29, 1.82) is 0 Å². The van der Waals surface area contributed by atoms with Gasteiger partial charge in [-0.05, 0) is 52.9 Å². The third kappa shape index (κ3) is 5.14. The van der Waals surface area contributed by atoms with Crippen molar-refractivity contribution >= 4 is 27.5 Å².